The van der Waals surface area contributed by atoms with Crippen molar-refractivity contribution in [3.05, 3.63) is 71.3 Å². The maximum absolute atomic E-state index is 12.4. The quantitative estimate of drug-likeness (QED) is 0.851. The van der Waals surface area contributed by atoms with Crippen LogP contribution in [0.4, 0.5) is 0 Å². The first kappa shape index (κ1) is 17.7. The lowest BCUT2D eigenvalue weighted by molar-refractivity contribution is -0.120. The van der Waals surface area contributed by atoms with Gasteiger partial charge in [0.25, 0.3) is 0 Å². The maximum atomic E-state index is 12.4. The van der Waals surface area contributed by atoms with E-state index in [0.29, 0.717) is 5.56 Å². The molecule has 4 heteroatoms. The fraction of sp³-hybridized carbons (Fsp3) is 0.300. The van der Waals surface area contributed by atoms with Gasteiger partial charge in [0.15, 0.2) is 0 Å². The Morgan fingerprint density at radius 1 is 1.00 bits per heavy atom. The van der Waals surface area contributed by atoms with Crippen LogP contribution in [0, 0.1) is 0 Å². The summed E-state index contributed by atoms with van der Waals surface area (Å²) in [6.45, 7) is 6.33. The fourth-order valence-corrected chi connectivity index (χ4v) is 2.38. The van der Waals surface area contributed by atoms with Gasteiger partial charge >= 0.3 is 5.97 Å². The largest absolute Gasteiger partial charge is 0.453 e. The minimum Gasteiger partial charge on any atom is -0.453 e. The second-order valence-electron chi connectivity index (χ2n) is 6.80. The smallest absolute Gasteiger partial charge is 0.338 e. The first-order chi connectivity index (χ1) is 11.3. The number of ether oxygens (including phenoxy) is 1. The average molecular weight is 325 g/mol. The molecule has 4 nitrogen and oxygen atoms in total. The highest BCUT2D eigenvalue weighted by Gasteiger charge is 2.21. The lowest BCUT2D eigenvalue weighted by atomic mass is 9.87. The molecule has 1 amide bonds. The summed E-state index contributed by atoms with van der Waals surface area (Å²) >= 11 is 0. The minimum absolute atomic E-state index is 0.0149. The number of benzene rings is 2. The van der Waals surface area contributed by atoms with E-state index >= 15 is 0 Å². The van der Waals surface area contributed by atoms with Crippen molar-refractivity contribution in [1.29, 1.82) is 0 Å². The SMILES string of the molecule is CC(C)(C)c1ccc(C(=O)OC(CC(N)=O)c2ccccc2)cc1. The van der Waals surface area contributed by atoms with Crippen molar-refractivity contribution in [1.82, 2.24) is 0 Å². The van der Waals surface area contributed by atoms with E-state index in [2.05, 4.69) is 20.8 Å². The number of hydrogen-bond donors (Lipinski definition) is 1. The number of nitrogens with two attached hydrogens (primary N) is 1. The predicted octanol–water partition coefficient (Wildman–Crippen LogP) is 3.76. The van der Waals surface area contributed by atoms with Crippen LogP contribution in [-0.2, 0) is 14.9 Å². The molecular weight excluding hydrogens is 302 g/mol. The number of hydrogen-bond acceptors (Lipinski definition) is 3. The van der Waals surface area contributed by atoms with E-state index in [1.54, 1.807) is 12.1 Å². The van der Waals surface area contributed by atoms with Gasteiger partial charge in [0.2, 0.25) is 5.91 Å². The third kappa shape index (κ3) is 4.69. The van der Waals surface area contributed by atoms with Crippen molar-refractivity contribution in [2.75, 3.05) is 0 Å². The Morgan fingerprint density at radius 2 is 1.58 bits per heavy atom. The van der Waals surface area contributed by atoms with Gasteiger partial charge in [-0.2, -0.15) is 0 Å². The number of amides is 1. The second kappa shape index (κ2) is 7.30. The Hall–Kier alpha value is -2.62. The van der Waals surface area contributed by atoms with E-state index in [4.69, 9.17) is 10.5 Å². The van der Waals surface area contributed by atoms with Gasteiger partial charge in [0, 0.05) is 0 Å². The molecule has 2 N–H and O–H groups in total. The standard InChI is InChI=1S/C20H23NO3/c1-20(2,3)16-11-9-15(10-12-16)19(23)24-17(13-18(21)22)14-7-5-4-6-8-14/h4-12,17H,13H2,1-3H3,(H2,21,22). The summed E-state index contributed by atoms with van der Waals surface area (Å²) in [5, 5.41) is 0. The van der Waals surface area contributed by atoms with Crippen LogP contribution in [-0.4, -0.2) is 11.9 Å². The summed E-state index contributed by atoms with van der Waals surface area (Å²) in [6, 6.07) is 16.5. The monoisotopic (exact) mass is 325 g/mol. The molecule has 2 rings (SSSR count). The molecule has 126 valence electrons. The third-order valence-corrected chi connectivity index (χ3v) is 3.79. The Balaban J connectivity index is 2.17. The minimum atomic E-state index is -0.682. The zero-order valence-corrected chi connectivity index (χ0v) is 14.3. The fourth-order valence-electron chi connectivity index (χ4n) is 2.38. The molecular formula is C20H23NO3. The zero-order valence-electron chi connectivity index (χ0n) is 14.3. The van der Waals surface area contributed by atoms with E-state index < -0.39 is 18.0 Å². The summed E-state index contributed by atoms with van der Waals surface area (Å²) in [7, 11) is 0. The van der Waals surface area contributed by atoms with Crippen LogP contribution in [0.2, 0.25) is 0 Å². The van der Waals surface area contributed by atoms with E-state index in [1.165, 1.54) is 0 Å². The second-order valence-corrected chi connectivity index (χ2v) is 6.80. The van der Waals surface area contributed by atoms with Gasteiger partial charge in [-0.05, 0) is 28.7 Å². The number of carbonyl (C=O) groups is 2. The van der Waals surface area contributed by atoms with Crippen LogP contribution in [0.3, 0.4) is 0 Å². The average Bonchev–Trinajstić information content (AvgIpc) is 2.54. The first-order valence-corrected chi connectivity index (χ1v) is 7.92. The van der Waals surface area contributed by atoms with Crippen molar-refractivity contribution in [2.24, 2.45) is 5.73 Å². The molecule has 0 spiro atoms. The molecule has 0 heterocycles. The summed E-state index contributed by atoms with van der Waals surface area (Å²) in [6.07, 6.45) is -0.728. The van der Waals surface area contributed by atoms with E-state index in [1.807, 2.05) is 42.5 Å². The van der Waals surface area contributed by atoms with Crippen LogP contribution in [0.25, 0.3) is 0 Å². The zero-order chi connectivity index (χ0) is 17.7. The van der Waals surface area contributed by atoms with Gasteiger partial charge in [-0.25, -0.2) is 4.79 Å². The van der Waals surface area contributed by atoms with Crippen LogP contribution in [0.15, 0.2) is 54.6 Å². The molecule has 0 aliphatic heterocycles. The van der Waals surface area contributed by atoms with Gasteiger partial charge in [0.05, 0.1) is 12.0 Å². The van der Waals surface area contributed by atoms with Crippen molar-refractivity contribution in [3.8, 4) is 0 Å². The van der Waals surface area contributed by atoms with Crippen molar-refractivity contribution in [2.45, 2.75) is 38.7 Å². The molecule has 0 saturated heterocycles. The number of esters is 1. The molecule has 2 aromatic rings. The molecule has 0 radical (unpaired) electrons. The third-order valence-electron chi connectivity index (χ3n) is 3.79. The lowest BCUT2D eigenvalue weighted by Gasteiger charge is -2.20. The summed E-state index contributed by atoms with van der Waals surface area (Å²) in [5.41, 5.74) is 7.63. The summed E-state index contributed by atoms with van der Waals surface area (Å²) in [4.78, 5) is 23.7. The van der Waals surface area contributed by atoms with Gasteiger partial charge in [-0.15, -0.1) is 0 Å². The normalized spacial score (nSPS) is 12.5. The van der Waals surface area contributed by atoms with Crippen molar-refractivity contribution < 1.29 is 14.3 Å². The Kier molecular flexibility index (Phi) is 5.39. The number of carbonyl (C=O) groups excluding carboxylic acids is 2. The van der Waals surface area contributed by atoms with Crippen molar-refractivity contribution in [3.63, 3.8) is 0 Å². The first-order valence-electron chi connectivity index (χ1n) is 7.92. The van der Waals surface area contributed by atoms with Crippen LogP contribution in [0.1, 0.15) is 54.8 Å². The molecule has 0 aliphatic carbocycles. The topological polar surface area (TPSA) is 69.4 Å². The lowest BCUT2D eigenvalue weighted by Crippen LogP contribution is -2.20. The van der Waals surface area contributed by atoms with Crippen LogP contribution >= 0.6 is 0 Å². The van der Waals surface area contributed by atoms with Crippen LogP contribution in [0.5, 0.6) is 0 Å². The predicted molar refractivity (Wildman–Crippen MR) is 93.6 cm³/mol. The van der Waals surface area contributed by atoms with Gasteiger partial charge in [-0.3, -0.25) is 4.79 Å². The van der Waals surface area contributed by atoms with E-state index in [-0.39, 0.29) is 11.8 Å². The highest BCUT2D eigenvalue weighted by molar-refractivity contribution is 5.90. The van der Waals surface area contributed by atoms with Gasteiger partial charge in [0.1, 0.15) is 6.10 Å². The molecule has 1 unspecified atom stereocenters. The molecule has 0 saturated carbocycles. The maximum Gasteiger partial charge on any atom is 0.338 e. The molecule has 0 aliphatic rings. The summed E-state index contributed by atoms with van der Waals surface area (Å²) < 4.78 is 5.52. The van der Waals surface area contributed by atoms with Crippen molar-refractivity contribution >= 4 is 11.9 Å². The Labute approximate surface area is 142 Å². The molecule has 1 atom stereocenters. The molecule has 24 heavy (non-hydrogen) atoms. The molecule has 0 fully saturated rings. The van der Waals surface area contributed by atoms with E-state index in [9.17, 15) is 9.59 Å². The van der Waals surface area contributed by atoms with Crippen LogP contribution < -0.4 is 5.73 Å². The van der Waals surface area contributed by atoms with Gasteiger partial charge < -0.3 is 10.5 Å². The highest BCUT2D eigenvalue weighted by atomic mass is 16.5. The summed E-state index contributed by atoms with van der Waals surface area (Å²) in [5.74, 6) is -0.981. The highest BCUT2D eigenvalue weighted by Crippen LogP contribution is 2.25. The molecule has 0 bridgehead atoms. The number of rotatable bonds is 5. The molecule has 2 aromatic carbocycles. The molecule has 0 aromatic heterocycles. The Bertz CT molecular complexity index is 700. The Morgan fingerprint density at radius 3 is 2.08 bits per heavy atom. The number of primary amides is 1. The van der Waals surface area contributed by atoms with E-state index in [0.717, 1.165) is 11.1 Å². The van der Waals surface area contributed by atoms with Gasteiger partial charge in [-0.1, -0.05) is 63.2 Å².